The van der Waals surface area contributed by atoms with Gasteiger partial charge in [-0.3, -0.25) is 5.43 Å². The first-order valence-corrected chi connectivity index (χ1v) is 8.10. The number of hydrazone groups is 1. The molecule has 1 aliphatic heterocycles. The van der Waals surface area contributed by atoms with Crippen LogP contribution in [0, 0.1) is 0 Å². The summed E-state index contributed by atoms with van der Waals surface area (Å²) < 4.78 is 10.6. The van der Waals surface area contributed by atoms with Crippen molar-refractivity contribution in [2.75, 3.05) is 20.0 Å². The van der Waals surface area contributed by atoms with Crippen molar-refractivity contribution < 1.29 is 9.47 Å². The molecule has 0 radical (unpaired) electrons. The van der Waals surface area contributed by atoms with Crippen molar-refractivity contribution in [3.8, 4) is 11.5 Å². The normalized spacial score (nSPS) is 15.7. The average molecular weight is 327 g/mol. The van der Waals surface area contributed by atoms with Crippen LogP contribution in [-0.4, -0.2) is 30.9 Å². The van der Waals surface area contributed by atoms with E-state index in [1.54, 1.807) is 26.0 Å². The number of aliphatic imine (C=N–C) groups is 1. The van der Waals surface area contributed by atoms with Crippen LogP contribution in [0.1, 0.15) is 5.56 Å². The summed E-state index contributed by atoms with van der Waals surface area (Å²) in [6.07, 6.45) is 0. The molecule has 0 unspecified atom stereocenters. The topological polar surface area (TPSA) is 55.2 Å². The van der Waals surface area contributed by atoms with Crippen LogP contribution in [0.3, 0.4) is 0 Å². The molecule has 3 rings (SSSR count). The summed E-state index contributed by atoms with van der Waals surface area (Å²) in [4.78, 5) is 4.52. The monoisotopic (exact) mass is 327 g/mol. The van der Waals surface area contributed by atoms with E-state index in [1.807, 2.05) is 48.5 Å². The molecule has 0 fully saturated rings. The number of rotatable bonds is 4. The Kier molecular flexibility index (Phi) is 4.83. The minimum Gasteiger partial charge on any atom is -0.493 e. The van der Waals surface area contributed by atoms with Gasteiger partial charge in [0.15, 0.2) is 16.7 Å². The standard InChI is InChI=1S/C17H17N3O2S/c1-21-15-9-8-12(10-16(15)22-2)14-11-23-17(20-19-14)18-13-6-4-3-5-7-13/h3-10H,11H2,1-2H3,(H,18,20). The van der Waals surface area contributed by atoms with E-state index in [0.29, 0.717) is 11.5 Å². The number of amidine groups is 1. The number of hydrogen-bond donors (Lipinski definition) is 1. The van der Waals surface area contributed by atoms with E-state index in [0.717, 1.165) is 27.9 Å². The molecule has 118 valence electrons. The molecule has 1 N–H and O–H groups in total. The van der Waals surface area contributed by atoms with Crippen molar-refractivity contribution in [2.45, 2.75) is 0 Å². The van der Waals surface area contributed by atoms with E-state index >= 15 is 0 Å². The van der Waals surface area contributed by atoms with Gasteiger partial charge in [-0.15, -0.1) is 0 Å². The molecule has 5 nitrogen and oxygen atoms in total. The zero-order valence-corrected chi connectivity index (χ0v) is 13.8. The molecule has 23 heavy (non-hydrogen) atoms. The van der Waals surface area contributed by atoms with Crippen molar-refractivity contribution in [2.24, 2.45) is 10.1 Å². The lowest BCUT2D eigenvalue weighted by Gasteiger charge is -2.16. The Hall–Kier alpha value is -2.47. The fraction of sp³-hybridized carbons (Fsp3) is 0.176. The predicted molar refractivity (Wildman–Crippen MR) is 95.2 cm³/mol. The van der Waals surface area contributed by atoms with Gasteiger partial charge in [0.05, 0.1) is 25.6 Å². The van der Waals surface area contributed by atoms with Gasteiger partial charge < -0.3 is 9.47 Å². The van der Waals surface area contributed by atoms with Gasteiger partial charge in [-0.1, -0.05) is 30.0 Å². The van der Waals surface area contributed by atoms with E-state index in [9.17, 15) is 0 Å². The summed E-state index contributed by atoms with van der Waals surface area (Å²) in [5.74, 6) is 2.15. The van der Waals surface area contributed by atoms with E-state index in [4.69, 9.17) is 9.47 Å². The molecule has 6 heteroatoms. The lowest BCUT2D eigenvalue weighted by Crippen LogP contribution is -2.25. The zero-order chi connectivity index (χ0) is 16.1. The summed E-state index contributed by atoms with van der Waals surface area (Å²) in [7, 11) is 3.25. The van der Waals surface area contributed by atoms with E-state index in [-0.39, 0.29) is 0 Å². The second-order valence-electron chi connectivity index (χ2n) is 4.78. The number of thioether (sulfide) groups is 1. The van der Waals surface area contributed by atoms with Gasteiger partial charge in [0.2, 0.25) is 0 Å². The van der Waals surface area contributed by atoms with Crippen LogP contribution >= 0.6 is 11.8 Å². The highest BCUT2D eigenvalue weighted by molar-refractivity contribution is 8.14. The highest BCUT2D eigenvalue weighted by Crippen LogP contribution is 2.28. The van der Waals surface area contributed by atoms with Crippen molar-refractivity contribution in [3.63, 3.8) is 0 Å². The second kappa shape index (κ2) is 7.19. The molecular formula is C17H17N3O2S. The lowest BCUT2D eigenvalue weighted by atomic mass is 10.1. The predicted octanol–water partition coefficient (Wildman–Crippen LogP) is 3.43. The summed E-state index contributed by atoms with van der Waals surface area (Å²) >= 11 is 1.62. The molecule has 0 saturated heterocycles. The summed E-state index contributed by atoms with van der Waals surface area (Å²) in [5.41, 5.74) is 5.87. The molecule has 1 aliphatic rings. The number of hydrogen-bond acceptors (Lipinski definition) is 5. The minimum absolute atomic E-state index is 0.696. The third-order valence-corrected chi connectivity index (χ3v) is 4.21. The first-order valence-electron chi connectivity index (χ1n) is 7.11. The number of ether oxygens (including phenoxy) is 2. The molecule has 0 spiro atoms. The van der Waals surface area contributed by atoms with Crippen LogP contribution in [0.2, 0.25) is 0 Å². The number of nitrogens with zero attached hydrogens (tertiary/aromatic N) is 2. The van der Waals surface area contributed by atoms with E-state index in [1.165, 1.54) is 0 Å². The van der Waals surface area contributed by atoms with Gasteiger partial charge in [0.25, 0.3) is 0 Å². The van der Waals surface area contributed by atoms with Crippen LogP contribution in [0.4, 0.5) is 5.69 Å². The van der Waals surface area contributed by atoms with Gasteiger partial charge in [-0.05, 0) is 30.3 Å². The molecule has 0 saturated carbocycles. The molecular weight excluding hydrogens is 310 g/mol. The van der Waals surface area contributed by atoms with Crippen molar-refractivity contribution >= 4 is 28.3 Å². The van der Waals surface area contributed by atoms with Crippen LogP contribution in [0.5, 0.6) is 11.5 Å². The van der Waals surface area contributed by atoms with Gasteiger partial charge >= 0.3 is 0 Å². The van der Waals surface area contributed by atoms with Gasteiger partial charge in [-0.25, -0.2) is 4.99 Å². The third-order valence-electron chi connectivity index (χ3n) is 3.34. The smallest absolute Gasteiger partial charge is 0.182 e. The van der Waals surface area contributed by atoms with Gasteiger partial charge in [-0.2, -0.15) is 5.10 Å². The Labute approximate surface area is 139 Å². The maximum absolute atomic E-state index is 5.34. The second-order valence-corrected chi connectivity index (χ2v) is 5.75. The fourth-order valence-corrected chi connectivity index (χ4v) is 2.94. The van der Waals surface area contributed by atoms with Crippen LogP contribution in [0.15, 0.2) is 58.6 Å². The van der Waals surface area contributed by atoms with Gasteiger partial charge in [0, 0.05) is 11.3 Å². The molecule has 1 heterocycles. The first kappa shape index (κ1) is 15.4. The molecule has 0 aliphatic carbocycles. The maximum atomic E-state index is 5.34. The van der Waals surface area contributed by atoms with Crippen LogP contribution in [0.25, 0.3) is 0 Å². The number of para-hydroxylation sites is 1. The average Bonchev–Trinajstić information content (AvgIpc) is 2.62. The Morgan fingerprint density at radius 2 is 1.83 bits per heavy atom. The van der Waals surface area contributed by atoms with Crippen LogP contribution < -0.4 is 14.9 Å². The number of nitrogens with one attached hydrogen (secondary N) is 1. The van der Waals surface area contributed by atoms with Crippen molar-refractivity contribution in [1.82, 2.24) is 5.43 Å². The summed E-state index contributed by atoms with van der Waals surface area (Å²) in [6, 6.07) is 15.6. The molecule has 0 aromatic heterocycles. The number of benzene rings is 2. The molecule has 0 atom stereocenters. The third kappa shape index (κ3) is 3.65. The highest BCUT2D eigenvalue weighted by atomic mass is 32.2. The zero-order valence-electron chi connectivity index (χ0n) is 12.9. The Morgan fingerprint density at radius 3 is 2.48 bits per heavy atom. The Morgan fingerprint density at radius 1 is 1.04 bits per heavy atom. The molecule has 2 aromatic carbocycles. The molecule has 0 bridgehead atoms. The van der Waals surface area contributed by atoms with Crippen molar-refractivity contribution in [1.29, 1.82) is 0 Å². The van der Waals surface area contributed by atoms with Crippen molar-refractivity contribution in [3.05, 3.63) is 54.1 Å². The Balaban J connectivity index is 1.78. The maximum Gasteiger partial charge on any atom is 0.182 e. The molecule has 0 amide bonds. The Bertz CT molecular complexity index is 745. The number of methoxy groups -OCH3 is 2. The lowest BCUT2D eigenvalue weighted by molar-refractivity contribution is 0.355. The van der Waals surface area contributed by atoms with E-state index in [2.05, 4.69) is 15.5 Å². The van der Waals surface area contributed by atoms with E-state index < -0.39 is 0 Å². The van der Waals surface area contributed by atoms with Crippen LogP contribution in [-0.2, 0) is 0 Å². The summed E-state index contributed by atoms with van der Waals surface area (Å²) in [5, 5.41) is 5.22. The van der Waals surface area contributed by atoms with Gasteiger partial charge in [0.1, 0.15) is 0 Å². The summed E-state index contributed by atoms with van der Waals surface area (Å²) in [6.45, 7) is 0. The largest absolute Gasteiger partial charge is 0.493 e. The fourth-order valence-electron chi connectivity index (χ4n) is 2.16. The first-order chi connectivity index (χ1) is 11.3. The minimum atomic E-state index is 0.696. The highest BCUT2D eigenvalue weighted by Gasteiger charge is 2.15. The quantitative estimate of drug-likeness (QED) is 0.935. The molecule has 2 aromatic rings. The SMILES string of the molecule is COc1ccc(C2=NNC(=Nc3ccccc3)SC2)cc1OC.